The summed E-state index contributed by atoms with van der Waals surface area (Å²) in [4.78, 5) is 24.5. The highest BCUT2D eigenvalue weighted by atomic mass is 35.5. The molecule has 3 unspecified atom stereocenters. The first-order valence-electron chi connectivity index (χ1n) is 8.54. The van der Waals surface area contributed by atoms with Crippen LogP contribution in [0.15, 0.2) is 23.1 Å². The van der Waals surface area contributed by atoms with Crippen molar-refractivity contribution in [3.8, 4) is 0 Å². The molecular formula is C17H20Cl2N2O4S. The van der Waals surface area contributed by atoms with Crippen molar-refractivity contribution in [1.82, 2.24) is 9.62 Å². The zero-order valence-electron chi connectivity index (χ0n) is 14.0. The predicted octanol–water partition coefficient (Wildman–Crippen LogP) is 2.85. The number of carboxylic acids is 1. The van der Waals surface area contributed by atoms with Crippen LogP contribution in [0, 0.1) is 5.92 Å². The lowest BCUT2D eigenvalue weighted by molar-refractivity contribution is -0.142. The van der Waals surface area contributed by atoms with E-state index < -0.39 is 28.9 Å². The van der Waals surface area contributed by atoms with E-state index in [0.717, 1.165) is 12.8 Å². The average Bonchev–Trinajstić information content (AvgIpc) is 3.22. The number of carbonyl (C=O) groups excluding carboxylic acids is 1. The van der Waals surface area contributed by atoms with Gasteiger partial charge >= 0.3 is 5.97 Å². The highest BCUT2D eigenvalue weighted by molar-refractivity contribution is 7.82. The van der Waals surface area contributed by atoms with Gasteiger partial charge in [0.25, 0.3) is 0 Å². The predicted molar refractivity (Wildman–Crippen MR) is 99.5 cm³/mol. The molecule has 6 nitrogen and oxygen atoms in total. The topological polar surface area (TPSA) is 86.7 Å². The number of halogens is 2. The third kappa shape index (κ3) is 4.22. The van der Waals surface area contributed by atoms with Gasteiger partial charge in [0.1, 0.15) is 17.0 Å². The Kier molecular flexibility index (Phi) is 6.22. The van der Waals surface area contributed by atoms with E-state index >= 15 is 0 Å². The maximum absolute atomic E-state index is 12.9. The molecule has 1 aliphatic heterocycles. The molecule has 3 rings (SSSR count). The second kappa shape index (κ2) is 8.25. The SMILES string of the molecule is O=C(O)C1CCCC1NC(=O)[C@@H]1CCCN1S(=O)c1cc(Cl)cc(Cl)c1. The Morgan fingerprint density at radius 1 is 1.12 bits per heavy atom. The summed E-state index contributed by atoms with van der Waals surface area (Å²) in [5.74, 6) is -1.69. The molecule has 1 saturated carbocycles. The first kappa shape index (κ1) is 19.6. The quantitative estimate of drug-likeness (QED) is 0.769. The van der Waals surface area contributed by atoms with Crippen LogP contribution in [0.25, 0.3) is 0 Å². The number of nitrogens with one attached hydrogen (secondary N) is 1. The van der Waals surface area contributed by atoms with Gasteiger partial charge in [-0.2, -0.15) is 0 Å². The zero-order chi connectivity index (χ0) is 18.8. The number of rotatable bonds is 5. The highest BCUT2D eigenvalue weighted by Crippen LogP contribution is 2.29. The second-order valence-electron chi connectivity index (χ2n) is 6.64. The maximum Gasteiger partial charge on any atom is 0.308 e. The van der Waals surface area contributed by atoms with Crippen LogP contribution in [0.2, 0.25) is 10.0 Å². The molecule has 9 heteroatoms. The molecule has 1 heterocycles. The highest BCUT2D eigenvalue weighted by Gasteiger charge is 2.39. The Morgan fingerprint density at radius 3 is 2.46 bits per heavy atom. The lowest BCUT2D eigenvalue weighted by Gasteiger charge is -2.25. The summed E-state index contributed by atoms with van der Waals surface area (Å²) in [7, 11) is -1.56. The summed E-state index contributed by atoms with van der Waals surface area (Å²) < 4.78 is 14.5. The van der Waals surface area contributed by atoms with Crippen LogP contribution >= 0.6 is 23.2 Å². The number of hydrogen-bond acceptors (Lipinski definition) is 3. The molecule has 1 amide bonds. The Labute approximate surface area is 164 Å². The van der Waals surface area contributed by atoms with E-state index in [1.54, 1.807) is 22.5 Å². The van der Waals surface area contributed by atoms with Crippen molar-refractivity contribution in [3.63, 3.8) is 0 Å². The Morgan fingerprint density at radius 2 is 1.81 bits per heavy atom. The normalized spacial score (nSPS) is 27.4. The van der Waals surface area contributed by atoms with Crippen molar-refractivity contribution in [3.05, 3.63) is 28.2 Å². The number of carbonyl (C=O) groups is 2. The van der Waals surface area contributed by atoms with Crippen molar-refractivity contribution < 1.29 is 18.9 Å². The molecule has 142 valence electrons. The van der Waals surface area contributed by atoms with E-state index in [9.17, 15) is 18.9 Å². The minimum atomic E-state index is -1.56. The van der Waals surface area contributed by atoms with E-state index in [1.807, 2.05) is 0 Å². The summed E-state index contributed by atoms with van der Waals surface area (Å²) in [5, 5.41) is 12.9. The largest absolute Gasteiger partial charge is 0.481 e. The first-order valence-corrected chi connectivity index (χ1v) is 10.4. The minimum Gasteiger partial charge on any atom is -0.481 e. The molecule has 1 aliphatic carbocycles. The molecule has 26 heavy (non-hydrogen) atoms. The van der Waals surface area contributed by atoms with Crippen LogP contribution < -0.4 is 5.32 Å². The number of hydrogen-bond donors (Lipinski definition) is 2. The summed E-state index contributed by atoms with van der Waals surface area (Å²) in [6.07, 6.45) is 3.33. The molecular weight excluding hydrogens is 399 g/mol. The van der Waals surface area contributed by atoms with Crippen molar-refractivity contribution in [2.45, 2.75) is 49.1 Å². The summed E-state index contributed by atoms with van der Waals surface area (Å²) >= 11 is 12.0. The van der Waals surface area contributed by atoms with E-state index in [0.29, 0.717) is 40.7 Å². The average molecular weight is 419 g/mol. The molecule has 2 fully saturated rings. The van der Waals surface area contributed by atoms with Crippen LogP contribution in [-0.2, 0) is 20.6 Å². The van der Waals surface area contributed by atoms with E-state index in [-0.39, 0.29) is 11.9 Å². The number of aliphatic carboxylic acids is 1. The Bertz CT molecular complexity index is 725. The number of nitrogens with zero attached hydrogens (tertiary/aromatic N) is 1. The van der Waals surface area contributed by atoms with E-state index in [2.05, 4.69) is 5.32 Å². The number of amides is 1. The lowest BCUT2D eigenvalue weighted by atomic mass is 10.0. The molecule has 0 bridgehead atoms. The van der Waals surface area contributed by atoms with Gasteiger partial charge in [-0.05, 0) is 43.9 Å². The Balaban J connectivity index is 1.72. The van der Waals surface area contributed by atoms with Crippen molar-refractivity contribution in [2.75, 3.05) is 6.54 Å². The van der Waals surface area contributed by atoms with Crippen LogP contribution in [0.4, 0.5) is 0 Å². The first-order chi connectivity index (χ1) is 12.4. The minimum absolute atomic E-state index is 0.262. The number of carboxylic acid groups (broad SMARTS) is 1. The molecule has 0 spiro atoms. The van der Waals surface area contributed by atoms with E-state index in [1.165, 1.54) is 0 Å². The van der Waals surface area contributed by atoms with Crippen LogP contribution in [0.1, 0.15) is 32.1 Å². The fourth-order valence-corrected chi connectivity index (χ4v) is 5.78. The molecule has 1 saturated heterocycles. The van der Waals surface area contributed by atoms with Crippen LogP contribution in [-0.4, -0.2) is 44.1 Å². The second-order valence-corrected chi connectivity index (χ2v) is 8.96. The molecule has 2 aliphatic rings. The fourth-order valence-electron chi connectivity index (χ4n) is 3.67. The molecule has 4 atom stereocenters. The van der Waals surface area contributed by atoms with Crippen molar-refractivity contribution in [2.24, 2.45) is 5.92 Å². The van der Waals surface area contributed by atoms with Gasteiger partial charge in [0.15, 0.2) is 0 Å². The molecule has 2 N–H and O–H groups in total. The van der Waals surface area contributed by atoms with Gasteiger partial charge in [-0.1, -0.05) is 29.6 Å². The number of benzene rings is 1. The van der Waals surface area contributed by atoms with E-state index in [4.69, 9.17) is 23.2 Å². The summed E-state index contributed by atoms with van der Waals surface area (Å²) in [6.45, 7) is 0.516. The zero-order valence-corrected chi connectivity index (χ0v) is 16.3. The summed E-state index contributed by atoms with van der Waals surface area (Å²) in [6, 6.07) is 3.80. The van der Waals surface area contributed by atoms with Crippen LogP contribution in [0.3, 0.4) is 0 Å². The Hall–Kier alpha value is -1.15. The fraction of sp³-hybridized carbons (Fsp3) is 0.529. The van der Waals surface area contributed by atoms with Gasteiger partial charge in [-0.25, -0.2) is 8.51 Å². The third-order valence-corrected chi connectivity index (χ3v) is 6.86. The smallest absolute Gasteiger partial charge is 0.308 e. The molecule has 1 aromatic rings. The van der Waals surface area contributed by atoms with Gasteiger partial charge < -0.3 is 10.4 Å². The molecule has 0 radical (unpaired) electrons. The summed E-state index contributed by atoms with van der Waals surface area (Å²) in [5.41, 5.74) is 0. The molecule has 1 aromatic carbocycles. The molecule has 0 aromatic heterocycles. The van der Waals surface area contributed by atoms with Crippen LogP contribution in [0.5, 0.6) is 0 Å². The van der Waals surface area contributed by atoms with Gasteiger partial charge in [-0.15, -0.1) is 0 Å². The van der Waals surface area contributed by atoms with Crippen molar-refractivity contribution >= 4 is 46.1 Å². The monoisotopic (exact) mass is 418 g/mol. The maximum atomic E-state index is 12.9. The lowest BCUT2D eigenvalue weighted by Crippen LogP contribution is -2.49. The standard InChI is InChI=1S/C17H20Cl2N2O4S/c18-10-7-11(19)9-12(8-10)26(25)21-6-2-5-15(21)16(22)20-14-4-1-3-13(14)17(23)24/h7-9,13-15H,1-6H2,(H,20,22)(H,23,24)/t13?,14?,15-,26?/m0/s1. The van der Waals surface area contributed by atoms with Gasteiger partial charge in [0, 0.05) is 22.6 Å². The van der Waals surface area contributed by atoms with Gasteiger partial charge in [-0.3, -0.25) is 9.59 Å². The van der Waals surface area contributed by atoms with Gasteiger partial charge in [0.2, 0.25) is 5.91 Å². The third-order valence-electron chi connectivity index (χ3n) is 4.92. The van der Waals surface area contributed by atoms with Gasteiger partial charge in [0.05, 0.1) is 10.8 Å². The van der Waals surface area contributed by atoms with Crippen molar-refractivity contribution in [1.29, 1.82) is 0 Å².